The topological polar surface area (TPSA) is 20.2 Å². The van der Waals surface area contributed by atoms with Gasteiger partial charge >= 0.3 is 0 Å². The van der Waals surface area contributed by atoms with E-state index in [0.29, 0.717) is 0 Å². The van der Waals surface area contributed by atoms with Gasteiger partial charge in [0.25, 0.3) is 0 Å². The molecule has 0 radical (unpaired) electrons. The molecule has 0 fully saturated rings. The van der Waals surface area contributed by atoms with Gasteiger partial charge in [-0.3, -0.25) is 0 Å². The molecule has 90 valence electrons. The molecule has 0 aliphatic rings. The highest BCUT2D eigenvalue weighted by atomic mass is 32.1. The van der Waals surface area contributed by atoms with Gasteiger partial charge < -0.3 is 5.11 Å². The second kappa shape index (κ2) is 4.59. The summed E-state index contributed by atoms with van der Waals surface area (Å²) in [6.45, 7) is 5.88. The van der Waals surface area contributed by atoms with Crippen LogP contribution in [0.1, 0.15) is 32.5 Å². The maximum absolute atomic E-state index is 13.0. The summed E-state index contributed by atoms with van der Waals surface area (Å²) in [4.78, 5) is 2.12. The molecular weight excluding hydrogens is 235 g/mol. The molecule has 2 rings (SSSR count). The Labute approximate surface area is 105 Å². The number of aliphatic hydroxyl groups is 1. The average Bonchev–Trinajstić information content (AvgIpc) is 2.58. The van der Waals surface area contributed by atoms with Crippen molar-refractivity contribution in [2.45, 2.75) is 26.9 Å². The van der Waals surface area contributed by atoms with Crippen molar-refractivity contribution in [3.05, 3.63) is 56.5 Å². The van der Waals surface area contributed by atoms with E-state index in [1.54, 1.807) is 17.4 Å². The van der Waals surface area contributed by atoms with E-state index >= 15 is 0 Å². The number of benzene rings is 1. The maximum atomic E-state index is 13.0. The van der Waals surface area contributed by atoms with Gasteiger partial charge in [0.05, 0.1) is 0 Å². The van der Waals surface area contributed by atoms with E-state index in [-0.39, 0.29) is 5.82 Å². The molecule has 0 amide bonds. The molecule has 2 aromatic rings. The summed E-state index contributed by atoms with van der Waals surface area (Å²) >= 11 is 1.59. The molecule has 1 unspecified atom stereocenters. The van der Waals surface area contributed by atoms with Crippen molar-refractivity contribution in [3.63, 3.8) is 0 Å². The summed E-state index contributed by atoms with van der Waals surface area (Å²) in [5.41, 5.74) is 2.73. The molecule has 0 saturated heterocycles. The first kappa shape index (κ1) is 12.3. The summed E-state index contributed by atoms with van der Waals surface area (Å²) in [7, 11) is 0. The minimum absolute atomic E-state index is 0.267. The summed E-state index contributed by atoms with van der Waals surface area (Å²) in [6, 6.07) is 6.48. The minimum atomic E-state index is -0.659. The van der Waals surface area contributed by atoms with Gasteiger partial charge in [0.2, 0.25) is 0 Å². The average molecular weight is 250 g/mol. The summed E-state index contributed by atoms with van der Waals surface area (Å²) < 4.78 is 13.0. The van der Waals surface area contributed by atoms with Gasteiger partial charge in [0.1, 0.15) is 11.9 Å². The maximum Gasteiger partial charge on any atom is 0.123 e. The third kappa shape index (κ3) is 2.40. The lowest BCUT2D eigenvalue weighted by molar-refractivity contribution is 0.223. The van der Waals surface area contributed by atoms with Crippen LogP contribution in [-0.4, -0.2) is 5.11 Å². The van der Waals surface area contributed by atoms with Crippen LogP contribution in [0.5, 0.6) is 0 Å². The van der Waals surface area contributed by atoms with E-state index in [4.69, 9.17) is 0 Å². The number of aryl methyl sites for hydroxylation is 3. The number of aliphatic hydroxyl groups excluding tert-OH is 1. The zero-order valence-corrected chi connectivity index (χ0v) is 10.9. The zero-order valence-electron chi connectivity index (χ0n) is 10.1. The molecule has 1 atom stereocenters. The summed E-state index contributed by atoms with van der Waals surface area (Å²) in [5, 5.41) is 10.3. The van der Waals surface area contributed by atoms with Crippen LogP contribution in [0.4, 0.5) is 4.39 Å². The molecule has 3 heteroatoms. The Bertz CT molecular complexity index is 526. The molecule has 0 aliphatic heterocycles. The Morgan fingerprint density at radius 3 is 2.35 bits per heavy atom. The van der Waals surface area contributed by atoms with E-state index in [9.17, 15) is 9.50 Å². The predicted octanol–water partition coefficient (Wildman–Crippen LogP) is 3.89. The Kier molecular flexibility index (Phi) is 3.31. The normalized spacial score (nSPS) is 12.8. The van der Waals surface area contributed by atoms with Gasteiger partial charge in [0.15, 0.2) is 0 Å². The van der Waals surface area contributed by atoms with Crippen LogP contribution in [0.2, 0.25) is 0 Å². The first-order valence-electron chi connectivity index (χ1n) is 5.50. The van der Waals surface area contributed by atoms with Crippen molar-refractivity contribution in [2.24, 2.45) is 0 Å². The number of hydrogen-bond acceptors (Lipinski definition) is 2. The molecule has 0 saturated carbocycles. The lowest BCUT2D eigenvalue weighted by atomic mass is 10.0. The largest absolute Gasteiger partial charge is 0.383 e. The van der Waals surface area contributed by atoms with Gasteiger partial charge in [-0.25, -0.2) is 4.39 Å². The summed E-state index contributed by atoms with van der Waals surface area (Å²) in [6.07, 6.45) is -0.659. The summed E-state index contributed by atoms with van der Waals surface area (Å²) in [5.74, 6) is -0.267. The SMILES string of the molecule is Cc1cc(F)ccc1C(O)c1cc(C)c(C)s1. The lowest BCUT2D eigenvalue weighted by Crippen LogP contribution is -2.00. The van der Waals surface area contributed by atoms with Crippen molar-refractivity contribution in [1.82, 2.24) is 0 Å². The van der Waals surface area contributed by atoms with E-state index in [1.807, 2.05) is 26.8 Å². The van der Waals surface area contributed by atoms with Crippen LogP contribution in [0.3, 0.4) is 0 Å². The third-order valence-corrected chi connectivity index (χ3v) is 4.19. The van der Waals surface area contributed by atoms with Crippen LogP contribution in [0.15, 0.2) is 24.3 Å². The Morgan fingerprint density at radius 1 is 1.12 bits per heavy atom. The second-order valence-electron chi connectivity index (χ2n) is 4.29. The number of halogens is 1. The highest BCUT2D eigenvalue weighted by Gasteiger charge is 2.16. The van der Waals surface area contributed by atoms with Gasteiger partial charge in [-0.15, -0.1) is 11.3 Å². The highest BCUT2D eigenvalue weighted by molar-refractivity contribution is 7.12. The molecule has 1 nitrogen and oxygen atoms in total. The Balaban J connectivity index is 2.39. The van der Waals surface area contributed by atoms with E-state index in [1.165, 1.54) is 22.6 Å². The van der Waals surface area contributed by atoms with Gasteiger partial charge in [-0.1, -0.05) is 6.07 Å². The predicted molar refractivity (Wildman–Crippen MR) is 69.0 cm³/mol. The minimum Gasteiger partial charge on any atom is -0.383 e. The molecule has 1 aromatic heterocycles. The second-order valence-corrected chi connectivity index (χ2v) is 5.58. The Morgan fingerprint density at radius 2 is 1.82 bits per heavy atom. The monoisotopic (exact) mass is 250 g/mol. The smallest absolute Gasteiger partial charge is 0.123 e. The van der Waals surface area contributed by atoms with Crippen LogP contribution in [0, 0.1) is 26.6 Å². The quantitative estimate of drug-likeness (QED) is 0.857. The molecule has 1 N–H and O–H groups in total. The highest BCUT2D eigenvalue weighted by Crippen LogP contribution is 2.32. The van der Waals surface area contributed by atoms with Crippen LogP contribution in [-0.2, 0) is 0 Å². The van der Waals surface area contributed by atoms with Gasteiger partial charge in [-0.05, 0) is 55.7 Å². The number of thiophene rings is 1. The third-order valence-electron chi connectivity index (χ3n) is 2.98. The fourth-order valence-corrected chi connectivity index (χ4v) is 2.88. The molecule has 0 spiro atoms. The van der Waals surface area contributed by atoms with Gasteiger partial charge in [0, 0.05) is 9.75 Å². The van der Waals surface area contributed by atoms with Crippen LogP contribution < -0.4 is 0 Å². The first-order chi connectivity index (χ1) is 7.99. The Hall–Kier alpha value is -1.19. The van der Waals surface area contributed by atoms with Crippen molar-refractivity contribution >= 4 is 11.3 Å². The molecule has 1 heterocycles. The van der Waals surface area contributed by atoms with Crippen molar-refractivity contribution in [1.29, 1.82) is 0 Å². The fraction of sp³-hybridized carbons (Fsp3) is 0.286. The fourth-order valence-electron chi connectivity index (χ4n) is 1.84. The molecule has 0 bridgehead atoms. The van der Waals surface area contributed by atoms with Crippen molar-refractivity contribution < 1.29 is 9.50 Å². The van der Waals surface area contributed by atoms with Crippen molar-refractivity contribution in [2.75, 3.05) is 0 Å². The lowest BCUT2D eigenvalue weighted by Gasteiger charge is -2.12. The van der Waals surface area contributed by atoms with E-state index in [0.717, 1.165) is 16.0 Å². The molecule has 1 aromatic carbocycles. The first-order valence-corrected chi connectivity index (χ1v) is 6.31. The van der Waals surface area contributed by atoms with Crippen LogP contribution >= 0.6 is 11.3 Å². The van der Waals surface area contributed by atoms with E-state index < -0.39 is 6.10 Å². The molecular formula is C14H15FOS. The van der Waals surface area contributed by atoms with Gasteiger partial charge in [-0.2, -0.15) is 0 Å². The number of rotatable bonds is 2. The zero-order chi connectivity index (χ0) is 12.6. The van der Waals surface area contributed by atoms with Crippen LogP contribution in [0.25, 0.3) is 0 Å². The standard InChI is InChI=1S/C14H15FOS/c1-8-7-13(17-10(8)3)14(16)12-5-4-11(15)6-9(12)2/h4-7,14,16H,1-3H3. The molecule has 0 aliphatic carbocycles. The molecule has 17 heavy (non-hydrogen) atoms. The van der Waals surface area contributed by atoms with Crippen molar-refractivity contribution in [3.8, 4) is 0 Å². The number of hydrogen-bond donors (Lipinski definition) is 1. The van der Waals surface area contributed by atoms with E-state index in [2.05, 4.69) is 0 Å².